The molecular weight excluding hydrogens is 412 g/mol. The predicted molar refractivity (Wildman–Crippen MR) is 112 cm³/mol. The highest BCUT2D eigenvalue weighted by Gasteiger charge is 2.32. The first-order valence-corrected chi connectivity index (χ1v) is 11.8. The van der Waals surface area contributed by atoms with Crippen LogP contribution in [0.1, 0.15) is 26.7 Å². The molecule has 8 nitrogen and oxygen atoms in total. The number of nitrogens with zero attached hydrogens (tertiary/aromatic N) is 2. The van der Waals surface area contributed by atoms with Gasteiger partial charge in [0.25, 0.3) is 20.0 Å². The normalized spacial score (nSPS) is 19.0. The van der Waals surface area contributed by atoms with Crippen LogP contribution in [0.2, 0.25) is 0 Å². The Balaban J connectivity index is 1.57. The summed E-state index contributed by atoms with van der Waals surface area (Å²) in [5.74, 6) is 0.627. The molecule has 2 aliphatic heterocycles. The van der Waals surface area contributed by atoms with Crippen molar-refractivity contribution >= 4 is 43.1 Å². The number of nitrogens with one attached hydrogen (secondary N) is 2. The van der Waals surface area contributed by atoms with Crippen molar-refractivity contribution in [2.45, 2.75) is 36.5 Å². The maximum Gasteiger partial charge on any atom is 0.286 e. The standard InChI is InChI=1S/C19H20N4O4S2/c1-19(2,11-17-20-13-7-3-5-9-15(13)28(24,25)22-17)12-18-21-14-8-4-6-10-16(14)29(26,27)23-18/h3-10H,11-12H2,1-2H3,(H,20,22)(H,21,23). The SMILES string of the molecule is CC(C)(CC1=NS(=O)(=O)c2ccccc2N1)CC1=NS(=O)(=O)c2ccccc2N1. The fourth-order valence-corrected chi connectivity index (χ4v) is 5.75. The lowest BCUT2D eigenvalue weighted by molar-refractivity contribution is 0.401. The summed E-state index contributed by atoms with van der Waals surface area (Å²) < 4.78 is 57.6. The van der Waals surface area contributed by atoms with Gasteiger partial charge in [0.1, 0.15) is 21.5 Å². The zero-order valence-corrected chi connectivity index (χ0v) is 17.5. The minimum Gasteiger partial charge on any atom is -0.342 e. The summed E-state index contributed by atoms with van der Waals surface area (Å²) in [5.41, 5.74) is 0.456. The van der Waals surface area contributed by atoms with Crippen LogP contribution in [0.4, 0.5) is 11.4 Å². The number of sulfonamides is 2. The maximum atomic E-state index is 12.4. The highest BCUT2D eigenvalue weighted by Crippen LogP contribution is 2.34. The van der Waals surface area contributed by atoms with Gasteiger partial charge in [-0.15, -0.1) is 8.80 Å². The highest BCUT2D eigenvalue weighted by molar-refractivity contribution is 7.90. The van der Waals surface area contributed by atoms with Crippen LogP contribution in [0.3, 0.4) is 0 Å². The molecule has 0 fully saturated rings. The summed E-state index contributed by atoms with van der Waals surface area (Å²) in [6.07, 6.45) is 0.589. The fourth-order valence-electron chi connectivity index (χ4n) is 3.46. The van der Waals surface area contributed by atoms with E-state index in [-0.39, 0.29) is 9.79 Å². The maximum absolute atomic E-state index is 12.4. The summed E-state index contributed by atoms with van der Waals surface area (Å²) in [4.78, 5) is 0.283. The number of rotatable bonds is 4. The van der Waals surface area contributed by atoms with Crippen molar-refractivity contribution in [2.24, 2.45) is 14.2 Å². The van der Waals surface area contributed by atoms with Crippen LogP contribution in [0.25, 0.3) is 0 Å². The lowest BCUT2D eigenvalue weighted by Gasteiger charge is -2.29. The Morgan fingerprint density at radius 1 is 0.724 bits per heavy atom. The van der Waals surface area contributed by atoms with E-state index in [9.17, 15) is 16.8 Å². The van der Waals surface area contributed by atoms with Gasteiger partial charge in [0.15, 0.2) is 0 Å². The first-order chi connectivity index (χ1) is 13.6. The number of benzene rings is 2. The molecule has 2 aromatic carbocycles. The molecule has 4 rings (SSSR count). The van der Waals surface area contributed by atoms with Crippen LogP contribution >= 0.6 is 0 Å². The van der Waals surface area contributed by atoms with Crippen LogP contribution in [-0.4, -0.2) is 28.5 Å². The van der Waals surface area contributed by atoms with Gasteiger partial charge in [-0.1, -0.05) is 38.1 Å². The van der Waals surface area contributed by atoms with Crippen LogP contribution in [0, 0.1) is 5.41 Å². The fraction of sp³-hybridized carbons (Fsp3) is 0.263. The lowest BCUT2D eigenvalue weighted by Crippen LogP contribution is -2.31. The minimum absolute atomic E-state index is 0.141. The van der Waals surface area contributed by atoms with Crippen molar-refractivity contribution in [1.82, 2.24) is 0 Å². The number of anilines is 2. The Hall–Kier alpha value is -2.72. The van der Waals surface area contributed by atoms with Crippen molar-refractivity contribution < 1.29 is 16.8 Å². The molecule has 0 bridgehead atoms. The lowest BCUT2D eigenvalue weighted by atomic mass is 9.84. The van der Waals surface area contributed by atoms with E-state index in [1.165, 1.54) is 12.1 Å². The largest absolute Gasteiger partial charge is 0.342 e. The summed E-state index contributed by atoms with van der Waals surface area (Å²) >= 11 is 0. The van der Waals surface area contributed by atoms with E-state index in [2.05, 4.69) is 19.4 Å². The van der Waals surface area contributed by atoms with E-state index in [0.29, 0.717) is 35.9 Å². The second-order valence-corrected chi connectivity index (χ2v) is 10.9. The molecule has 0 aliphatic carbocycles. The molecule has 2 N–H and O–H groups in total. The van der Waals surface area contributed by atoms with Gasteiger partial charge in [0, 0.05) is 12.8 Å². The third-order valence-corrected chi connectivity index (χ3v) is 7.39. The van der Waals surface area contributed by atoms with Crippen LogP contribution in [-0.2, 0) is 20.0 Å². The Bertz CT molecular complexity index is 1170. The molecular formula is C19H20N4O4S2. The Morgan fingerprint density at radius 3 is 1.52 bits per heavy atom. The average molecular weight is 433 g/mol. The summed E-state index contributed by atoms with van der Waals surface area (Å²) in [7, 11) is -7.54. The molecule has 2 heterocycles. The molecule has 2 aromatic rings. The first kappa shape index (κ1) is 19.6. The minimum atomic E-state index is -3.77. The predicted octanol–water partition coefficient (Wildman–Crippen LogP) is 3.22. The first-order valence-electron chi connectivity index (χ1n) is 8.96. The van der Waals surface area contributed by atoms with Gasteiger partial charge >= 0.3 is 0 Å². The number of para-hydroxylation sites is 2. The van der Waals surface area contributed by atoms with Gasteiger partial charge in [-0.3, -0.25) is 0 Å². The molecule has 0 atom stereocenters. The van der Waals surface area contributed by atoms with Crippen molar-refractivity contribution in [3.05, 3.63) is 48.5 Å². The monoisotopic (exact) mass is 432 g/mol. The van der Waals surface area contributed by atoms with Gasteiger partial charge in [-0.05, 0) is 29.7 Å². The molecule has 2 aliphatic rings. The van der Waals surface area contributed by atoms with Crippen LogP contribution in [0.5, 0.6) is 0 Å². The summed E-state index contributed by atoms with van der Waals surface area (Å²) in [5, 5.41) is 6.14. The third kappa shape index (κ3) is 3.90. The van der Waals surface area contributed by atoms with E-state index >= 15 is 0 Å². The van der Waals surface area contributed by atoms with E-state index in [4.69, 9.17) is 0 Å². The van der Waals surface area contributed by atoms with Crippen LogP contribution in [0.15, 0.2) is 67.1 Å². The van der Waals surface area contributed by atoms with Gasteiger partial charge in [-0.2, -0.15) is 16.8 Å². The van der Waals surface area contributed by atoms with Gasteiger partial charge < -0.3 is 10.6 Å². The molecule has 152 valence electrons. The smallest absolute Gasteiger partial charge is 0.286 e. The third-order valence-electron chi connectivity index (χ3n) is 4.64. The molecule has 0 radical (unpaired) electrons. The molecule has 0 saturated heterocycles. The summed E-state index contributed by atoms with van der Waals surface area (Å²) in [6.45, 7) is 3.81. The van der Waals surface area contributed by atoms with Crippen molar-refractivity contribution in [3.8, 4) is 0 Å². The Labute approximate surface area is 169 Å². The van der Waals surface area contributed by atoms with Gasteiger partial charge in [0.2, 0.25) is 0 Å². The van der Waals surface area contributed by atoms with Gasteiger partial charge in [0.05, 0.1) is 11.4 Å². The molecule has 0 aromatic heterocycles. The van der Waals surface area contributed by atoms with Gasteiger partial charge in [-0.25, -0.2) is 0 Å². The Kier molecular flexibility index (Phi) is 4.50. The van der Waals surface area contributed by atoms with E-state index in [0.717, 1.165) is 0 Å². The Morgan fingerprint density at radius 2 is 1.10 bits per heavy atom. The highest BCUT2D eigenvalue weighted by atomic mass is 32.2. The second-order valence-electron chi connectivity index (χ2n) is 7.79. The number of fused-ring (bicyclic) bond motifs is 2. The van der Waals surface area contributed by atoms with Crippen molar-refractivity contribution in [2.75, 3.05) is 10.6 Å². The molecule has 0 amide bonds. The van der Waals surface area contributed by atoms with E-state index in [1.54, 1.807) is 36.4 Å². The molecule has 0 unspecified atom stereocenters. The second kappa shape index (κ2) is 6.67. The average Bonchev–Trinajstić information content (AvgIpc) is 2.59. The number of amidine groups is 2. The van der Waals surface area contributed by atoms with Crippen molar-refractivity contribution in [3.63, 3.8) is 0 Å². The van der Waals surface area contributed by atoms with E-state index in [1.807, 2.05) is 13.8 Å². The number of hydrogen-bond donors (Lipinski definition) is 2. The zero-order chi connectivity index (χ0) is 20.9. The van der Waals surface area contributed by atoms with E-state index < -0.39 is 25.5 Å². The van der Waals surface area contributed by atoms with Crippen molar-refractivity contribution in [1.29, 1.82) is 0 Å². The zero-order valence-electron chi connectivity index (χ0n) is 15.9. The number of hydrogen-bond acceptors (Lipinski definition) is 6. The molecule has 0 saturated carbocycles. The van der Waals surface area contributed by atoms with Crippen LogP contribution < -0.4 is 10.6 Å². The summed E-state index contributed by atoms with van der Waals surface area (Å²) in [6, 6.07) is 13.2. The molecule has 10 heteroatoms. The quantitative estimate of drug-likeness (QED) is 0.766. The molecule has 29 heavy (non-hydrogen) atoms. The topological polar surface area (TPSA) is 117 Å². The molecule has 0 spiro atoms.